The number of para-hydroxylation sites is 1. The Bertz CT molecular complexity index is 656. The summed E-state index contributed by atoms with van der Waals surface area (Å²) in [6.45, 7) is 3.93. The lowest BCUT2D eigenvalue weighted by molar-refractivity contribution is 0.0685. The third-order valence-electron chi connectivity index (χ3n) is 3.90. The van der Waals surface area contributed by atoms with Crippen LogP contribution < -0.4 is 0 Å². The Labute approximate surface area is 127 Å². The van der Waals surface area contributed by atoms with Gasteiger partial charge in [-0.3, -0.25) is 9.78 Å². The number of nitrogens with zero attached hydrogens (tertiary/aromatic N) is 2. The molecule has 0 N–H and O–H groups in total. The minimum absolute atomic E-state index is 0.127. The zero-order chi connectivity index (χ0) is 14.1. The van der Waals surface area contributed by atoms with Crippen molar-refractivity contribution in [1.29, 1.82) is 0 Å². The smallest absolute Gasteiger partial charge is 0.254 e. The molecule has 0 spiro atoms. The predicted octanol–water partition coefficient (Wildman–Crippen LogP) is 3.87. The predicted molar refractivity (Wildman–Crippen MR) is 83.7 cm³/mol. The molecule has 1 unspecified atom stereocenters. The highest BCUT2D eigenvalue weighted by Crippen LogP contribution is 2.26. The summed E-state index contributed by atoms with van der Waals surface area (Å²) in [4.78, 5) is 19.1. The Morgan fingerprint density at radius 2 is 2.25 bits per heavy atom. The van der Waals surface area contributed by atoms with Gasteiger partial charge in [0.25, 0.3) is 5.91 Å². The van der Waals surface area contributed by atoms with Crippen LogP contribution in [0.25, 0.3) is 10.9 Å². The van der Waals surface area contributed by atoms with Crippen molar-refractivity contribution in [1.82, 2.24) is 9.88 Å². The Morgan fingerprint density at radius 3 is 3.05 bits per heavy atom. The van der Waals surface area contributed by atoms with Gasteiger partial charge < -0.3 is 4.90 Å². The number of carbonyl (C=O) groups is 1. The van der Waals surface area contributed by atoms with E-state index in [1.54, 1.807) is 6.20 Å². The quantitative estimate of drug-likeness (QED) is 0.794. The van der Waals surface area contributed by atoms with E-state index in [0.717, 1.165) is 40.4 Å². The number of piperidine rings is 1. The summed E-state index contributed by atoms with van der Waals surface area (Å²) in [5.74, 6) is 0.717. The van der Waals surface area contributed by atoms with Crippen LogP contribution in [0.15, 0.2) is 34.9 Å². The molecule has 0 bridgehead atoms. The van der Waals surface area contributed by atoms with Crippen LogP contribution in [0.3, 0.4) is 0 Å². The highest BCUT2D eigenvalue weighted by Gasteiger charge is 2.23. The van der Waals surface area contributed by atoms with Crippen molar-refractivity contribution < 1.29 is 4.79 Å². The summed E-state index contributed by atoms with van der Waals surface area (Å²) in [7, 11) is 0. The first-order valence-electron chi connectivity index (χ1n) is 6.99. The third kappa shape index (κ3) is 2.44. The first-order valence-corrected chi connectivity index (χ1v) is 7.78. The first kappa shape index (κ1) is 13.6. The molecule has 4 heteroatoms. The maximum absolute atomic E-state index is 12.8. The van der Waals surface area contributed by atoms with Gasteiger partial charge in [-0.2, -0.15) is 0 Å². The van der Waals surface area contributed by atoms with Crippen molar-refractivity contribution in [2.45, 2.75) is 19.8 Å². The van der Waals surface area contributed by atoms with Crippen molar-refractivity contribution in [3.63, 3.8) is 0 Å². The number of hydrogen-bond acceptors (Lipinski definition) is 2. The molecule has 1 aliphatic rings. The number of likely N-dealkylation sites (tertiary alicyclic amines) is 1. The Kier molecular flexibility index (Phi) is 3.74. The summed E-state index contributed by atoms with van der Waals surface area (Å²) < 4.78 is 0.927. The topological polar surface area (TPSA) is 33.2 Å². The van der Waals surface area contributed by atoms with Crippen LogP contribution in [0.1, 0.15) is 30.1 Å². The maximum atomic E-state index is 12.8. The van der Waals surface area contributed by atoms with Crippen molar-refractivity contribution in [2.24, 2.45) is 5.92 Å². The summed E-state index contributed by atoms with van der Waals surface area (Å²) in [6, 6.07) is 7.69. The average Bonchev–Trinajstić information content (AvgIpc) is 2.46. The van der Waals surface area contributed by atoms with E-state index in [-0.39, 0.29) is 5.91 Å². The molecule has 2 heterocycles. The fourth-order valence-corrected chi connectivity index (χ4v) is 3.34. The summed E-state index contributed by atoms with van der Waals surface area (Å²) in [5, 5.41) is 0.921. The lowest BCUT2D eigenvalue weighted by Crippen LogP contribution is -2.39. The highest BCUT2D eigenvalue weighted by molar-refractivity contribution is 9.10. The molecule has 20 heavy (non-hydrogen) atoms. The minimum Gasteiger partial charge on any atom is -0.338 e. The number of halogens is 1. The van der Waals surface area contributed by atoms with Crippen LogP contribution in [-0.4, -0.2) is 28.9 Å². The molecule has 3 nitrogen and oxygen atoms in total. The van der Waals surface area contributed by atoms with Crippen LogP contribution in [0.4, 0.5) is 0 Å². The van der Waals surface area contributed by atoms with E-state index in [4.69, 9.17) is 0 Å². The van der Waals surface area contributed by atoms with Gasteiger partial charge in [-0.05, 0) is 46.8 Å². The molecule has 1 amide bonds. The van der Waals surface area contributed by atoms with Gasteiger partial charge >= 0.3 is 0 Å². The van der Waals surface area contributed by atoms with Gasteiger partial charge in [0.2, 0.25) is 0 Å². The highest BCUT2D eigenvalue weighted by atomic mass is 79.9. The normalized spacial score (nSPS) is 19.3. The third-order valence-corrected chi connectivity index (χ3v) is 4.54. The second-order valence-electron chi connectivity index (χ2n) is 5.49. The molecule has 1 atom stereocenters. The zero-order valence-electron chi connectivity index (χ0n) is 11.5. The Balaban J connectivity index is 2.01. The fourth-order valence-electron chi connectivity index (χ4n) is 2.87. The van der Waals surface area contributed by atoms with Crippen LogP contribution in [-0.2, 0) is 0 Å². The molecule has 1 aliphatic heterocycles. The van der Waals surface area contributed by atoms with Crippen molar-refractivity contribution in [2.75, 3.05) is 13.1 Å². The molecule has 0 radical (unpaired) electrons. The molecule has 1 fully saturated rings. The number of hydrogen-bond donors (Lipinski definition) is 0. The average molecular weight is 333 g/mol. The number of rotatable bonds is 1. The number of benzene rings is 1. The lowest BCUT2D eigenvalue weighted by Gasteiger charge is -2.31. The van der Waals surface area contributed by atoms with E-state index in [9.17, 15) is 4.79 Å². The van der Waals surface area contributed by atoms with Gasteiger partial charge in [-0.1, -0.05) is 19.1 Å². The van der Waals surface area contributed by atoms with Crippen molar-refractivity contribution >= 4 is 32.7 Å². The zero-order valence-corrected chi connectivity index (χ0v) is 13.1. The molecule has 3 rings (SSSR count). The van der Waals surface area contributed by atoms with E-state index in [2.05, 4.69) is 27.8 Å². The number of carbonyl (C=O) groups excluding carboxylic acids is 1. The second-order valence-corrected chi connectivity index (χ2v) is 6.35. The van der Waals surface area contributed by atoms with Gasteiger partial charge in [0.15, 0.2) is 0 Å². The van der Waals surface area contributed by atoms with E-state index in [1.807, 2.05) is 29.2 Å². The maximum Gasteiger partial charge on any atom is 0.254 e. The van der Waals surface area contributed by atoms with Crippen LogP contribution in [0.5, 0.6) is 0 Å². The fraction of sp³-hybridized carbons (Fsp3) is 0.375. The monoisotopic (exact) mass is 332 g/mol. The van der Waals surface area contributed by atoms with E-state index >= 15 is 0 Å². The van der Waals surface area contributed by atoms with E-state index in [0.29, 0.717) is 5.92 Å². The molecule has 1 saturated heterocycles. The number of fused-ring (bicyclic) bond motifs is 1. The van der Waals surface area contributed by atoms with Gasteiger partial charge in [0.1, 0.15) is 0 Å². The SMILES string of the molecule is CC1CCCN(C(=O)c2ccnc3c(Br)cccc23)C1. The van der Waals surface area contributed by atoms with Crippen LogP contribution in [0, 0.1) is 5.92 Å². The molecule has 0 aliphatic carbocycles. The lowest BCUT2D eigenvalue weighted by atomic mass is 9.99. The molecule has 104 valence electrons. The van der Waals surface area contributed by atoms with Gasteiger partial charge in [0, 0.05) is 29.1 Å². The van der Waals surface area contributed by atoms with E-state index < -0.39 is 0 Å². The second kappa shape index (κ2) is 5.52. The molecule has 2 aromatic rings. The van der Waals surface area contributed by atoms with Crippen molar-refractivity contribution in [3.8, 4) is 0 Å². The van der Waals surface area contributed by atoms with Crippen LogP contribution in [0.2, 0.25) is 0 Å². The molecule has 1 aromatic heterocycles. The molecular weight excluding hydrogens is 316 g/mol. The van der Waals surface area contributed by atoms with Gasteiger partial charge in [-0.15, -0.1) is 0 Å². The first-order chi connectivity index (χ1) is 9.66. The van der Waals surface area contributed by atoms with Crippen molar-refractivity contribution in [3.05, 3.63) is 40.5 Å². The summed E-state index contributed by atoms with van der Waals surface area (Å²) in [5.41, 5.74) is 1.61. The minimum atomic E-state index is 0.127. The number of aromatic nitrogens is 1. The molecule has 1 aromatic carbocycles. The summed E-state index contributed by atoms with van der Waals surface area (Å²) >= 11 is 3.50. The van der Waals surface area contributed by atoms with Crippen LogP contribution >= 0.6 is 15.9 Å². The largest absolute Gasteiger partial charge is 0.338 e. The number of amides is 1. The standard InChI is InChI=1S/C16H17BrN2O/c1-11-4-3-9-19(10-11)16(20)13-7-8-18-15-12(13)5-2-6-14(15)17/h2,5-8,11H,3-4,9-10H2,1H3. The van der Waals surface area contributed by atoms with Gasteiger partial charge in [0.05, 0.1) is 11.1 Å². The molecule has 0 saturated carbocycles. The van der Waals surface area contributed by atoms with E-state index in [1.165, 1.54) is 6.42 Å². The Hall–Kier alpha value is -1.42. The molecular formula is C16H17BrN2O. The Morgan fingerprint density at radius 1 is 1.40 bits per heavy atom. The number of pyridine rings is 1. The summed E-state index contributed by atoms with van der Waals surface area (Å²) in [6.07, 6.45) is 4.03. The van der Waals surface area contributed by atoms with Gasteiger partial charge in [-0.25, -0.2) is 0 Å².